The Bertz CT molecular complexity index is 3110. The largest absolute Gasteiger partial charge is 2.00 e. The minimum atomic E-state index is -0.234. The number of nitrogens with zero attached hydrogens (tertiary/aromatic N) is 5. The van der Waals surface area contributed by atoms with Crippen molar-refractivity contribution in [2.75, 3.05) is 9.62 Å². The Balaban J connectivity index is 0.00000433. The molecule has 2 aliphatic heterocycles. The van der Waals surface area contributed by atoms with Crippen molar-refractivity contribution in [2.45, 2.75) is 52.4 Å². The predicted molar refractivity (Wildman–Crippen MR) is 242 cm³/mol. The molecular weight excluding hydrogens is 916 g/mol. The van der Waals surface area contributed by atoms with Crippen LogP contribution in [0.3, 0.4) is 0 Å². The molecule has 0 amide bonds. The van der Waals surface area contributed by atoms with Gasteiger partial charge in [-0.15, -0.1) is 30.3 Å². The first kappa shape index (κ1) is 38.1. The molecule has 0 spiro atoms. The normalized spacial score (nSPS) is 14.9. The Morgan fingerprint density at radius 2 is 1.32 bits per heavy atom. The topological polar surface area (TPSA) is 45.9 Å². The Hall–Kier alpha value is -6.17. The number of hydrogen-bond donors (Lipinski definition) is 0. The summed E-state index contributed by atoms with van der Waals surface area (Å²) in [5.41, 5.74) is 13.0. The van der Waals surface area contributed by atoms with Crippen molar-refractivity contribution >= 4 is 62.6 Å². The van der Waals surface area contributed by atoms with Gasteiger partial charge in [0.2, 0.25) is 0 Å². The molecule has 5 heterocycles. The van der Waals surface area contributed by atoms with Crippen LogP contribution in [0.2, 0.25) is 0 Å². The van der Waals surface area contributed by atoms with Crippen molar-refractivity contribution in [1.82, 2.24) is 14.4 Å². The Morgan fingerprint density at radius 3 is 2.05 bits per heavy atom. The number of para-hydroxylation sites is 2. The maximum absolute atomic E-state index is 6.81. The van der Waals surface area contributed by atoms with Crippen LogP contribution >= 0.6 is 0 Å². The number of pyridine rings is 2. The van der Waals surface area contributed by atoms with Crippen LogP contribution in [0.25, 0.3) is 38.6 Å². The van der Waals surface area contributed by atoms with E-state index in [4.69, 9.17) is 14.7 Å². The summed E-state index contributed by atoms with van der Waals surface area (Å²) < 4.78 is 9.22. The molecule has 9 aromatic rings. The van der Waals surface area contributed by atoms with E-state index in [2.05, 4.69) is 183 Å². The molecule has 0 atom stereocenters. The number of aromatic nitrogens is 3. The molecule has 6 aromatic carbocycles. The summed E-state index contributed by atoms with van der Waals surface area (Å²) >= 11 is 0. The van der Waals surface area contributed by atoms with Crippen LogP contribution in [-0.2, 0) is 31.9 Å². The minimum absolute atomic E-state index is 0. The number of fused-ring (bicyclic) bond motifs is 4. The average molecular weight is 959 g/mol. The smallest absolute Gasteiger partial charge is 0.503 e. The van der Waals surface area contributed by atoms with E-state index in [0.29, 0.717) is 11.5 Å². The molecule has 8 heteroatoms. The Kier molecular flexibility index (Phi) is 8.86. The SMILES string of the molecule is Cc1cccc(C)c1B1N(c2ccccn2)c2[c-]c(Oc3[c-]c4c(cc3)c3cccc5c3n3c(c(-c6ccccc6)nc43)C(C)(C)C5(C)C)ccc2N1c1ccccc1.[Pt+2]. The van der Waals surface area contributed by atoms with Crippen molar-refractivity contribution in [2.24, 2.45) is 0 Å². The fourth-order valence-electron chi connectivity index (χ4n) is 9.73. The van der Waals surface area contributed by atoms with Gasteiger partial charge in [0.05, 0.1) is 11.3 Å². The fourth-order valence-corrected chi connectivity index (χ4v) is 9.73. The number of anilines is 4. The van der Waals surface area contributed by atoms with Crippen LogP contribution in [-0.4, -0.2) is 21.4 Å². The van der Waals surface area contributed by atoms with Crippen molar-refractivity contribution in [1.29, 1.82) is 0 Å². The standard InChI is InChI=1S/C52H42BN5O.Pt/c1-33-17-15-18-34(2)46(33)53-57(36-21-11-8-12-22-36)43-29-27-38(32-44(43)58(53)45-25-13-14-30-54-45)59-37-26-28-39-40-23-16-24-42-48(40)56-49(52(5,6)51(42,3)4)47(35-19-9-7-10-20-35)55-50(56)41(39)31-37;/h7-30H,1-6H3;/q-2;+2. The van der Waals surface area contributed by atoms with E-state index in [1.807, 2.05) is 30.5 Å². The van der Waals surface area contributed by atoms with Crippen LogP contribution in [0.4, 0.5) is 22.9 Å². The quantitative estimate of drug-likeness (QED) is 0.0944. The third-order valence-electron chi connectivity index (χ3n) is 13.3. The molecule has 0 radical (unpaired) electrons. The van der Waals surface area contributed by atoms with Crippen molar-refractivity contribution in [3.8, 4) is 22.8 Å². The van der Waals surface area contributed by atoms with Crippen LogP contribution in [0.1, 0.15) is 50.1 Å². The second-order valence-corrected chi connectivity index (χ2v) is 17.0. The fraction of sp³-hybridized carbons (Fsp3) is 0.154. The molecule has 0 aliphatic carbocycles. The molecule has 6 nitrogen and oxygen atoms in total. The molecule has 0 unspecified atom stereocenters. The van der Waals surface area contributed by atoms with Crippen molar-refractivity contribution in [3.05, 3.63) is 180 Å². The van der Waals surface area contributed by atoms with E-state index in [9.17, 15) is 0 Å². The van der Waals surface area contributed by atoms with Gasteiger partial charge in [0, 0.05) is 51.0 Å². The number of hydrogen-bond acceptors (Lipinski definition) is 5. The zero-order chi connectivity index (χ0) is 40.2. The summed E-state index contributed by atoms with van der Waals surface area (Å²) in [7, 11) is 0. The molecule has 3 aromatic heterocycles. The van der Waals surface area contributed by atoms with Crippen LogP contribution in [0.5, 0.6) is 11.5 Å². The van der Waals surface area contributed by atoms with Crippen LogP contribution < -0.4 is 19.8 Å². The van der Waals surface area contributed by atoms with Gasteiger partial charge >= 0.3 is 28.0 Å². The van der Waals surface area contributed by atoms with E-state index in [0.717, 1.165) is 50.6 Å². The summed E-state index contributed by atoms with van der Waals surface area (Å²) in [6, 6.07) is 56.3. The molecule has 2 aliphatic rings. The summed E-state index contributed by atoms with van der Waals surface area (Å²) in [4.78, 5) is 15.1. The molecular formula is C52H42BN5OPt. The van der Waals surface area contributed by atoms with Gasteiger partial charge in [-0.25, -0.2) is 4.98 Å². The molecule has 0 N–H and O–H groups in total. The summed E-state index contributed by atoms with van der Waals surface area (Å²) in [5, 5.41) is 3.21. The first-order chi connectivity index (χ1) is 28.6. The van der Waals surface area contributed by atoms with Crippen molar-refractivity contribution in [3.63, 3.8) is 0 Å². The number of rotatable bonds is 6. The zero-order valence-corrected chi connectivity index (χ0v) is 36.7. The third-order valence-corrected chi connectivity index (χ3v) is 13.3. The molecule has 0 saturated heterocycles. The van der Waals surface area contributed by atoms with Gasteiger partial charge in [0.1, 0.15) is 5.82 Å². The van der Waals surface area contributed by atoms with Crippen LogP contribution in [0, 0.1) is 26.0 Å². The first-order valence-corrected chi connectivity index (χ1v) is 20.4. The van der Waals surface area contributed by atoms with Gasteiger partial charge in [-0.05, 0) is 54.5 Å². The van der Waals surface area contributed by atoms with E-state index in [1.165, 1.54) is 38.8 Å². The Labute approximate surface area is 365 Å². The molecule has 0 fully saturated rings. The van der Waals surface area contributed by atoms with Gasteiger partial charge < -0.3 is 18.8 Å². The summed E-state index contributed by atoms with van der Waals surface area (Å²) in [6.07, 6.45) is 1.85. The van der Waals surface area contributed by atoms with E-state index >= 15 is 0 Å². The summed E-state index contributed by atoms with van der Waals surface area (Å²) in [6.45, 7) is 13.6. The molecule has 0 saturated carbocycles. The van der Waals surface area contributed by atoms with Crippen LogP contribution in [0.15, 0.2) is 146 Å². The number of aryl methyl sites for hydroxylation is 2. The Morgan fingerprint density at radius 1 is 0.633 bits per heavy atom. The second kappa shape index (κ2) is 14.0. The molecule has 294 valence electrons. The number of benzene rings is 6. The predicted octanol–water partition coefficient (Wildman–Crippen LogP) is 12.0. The van der Waals surface area contributed by atoms with Gasteiger partial charge in [0.25, 0.3) is 0 Å². The molecule has 11 rings (SSSR count). The number of imidazole rings is 1. The first-order valence-electron chi connectivity index (χ1n) is 20.4. The van der Waals surface area contributed by atoms with Gasteiger partial charge in [-0.1, -0.05) is 158 Å². The average Bonchev–Trinajstić information content (AvgIpc) is 3.82. The maximum atomic E-state index is 6.81. The number of ether oxygens (including phenoxy) is 1. The maximum Gasteiger partial charge on any atom is 2.00 e. The summed E-state index contributed by atoms with van der Waals surface area (Å²) in [5.74, 6) is 2.02. The van der Waals surface area contributed by atoms with Gasteiger partial charge in [0.15, 0.2) is 0 Å². The van der Waals surface area contributed by atoms with E-state index in [-0.39, 0.29) is 38.9 Å². The zero-order valence-electron chi connectivity index (χ0n) is 34.4. The van der Waals surface area contributed by atoms with Crippen molar-refractivity contribution < 1.29 is 25.8 Å². The minimum Gasteiger partial charge on any atom is -0.503 e. The second-order valence-electron chi connectivity index (χ2n) is 17.0. The molecule has 60 heavy (non-hydrogen) atoms. The van der Waals surface area contributed by atoms with E-state index < -0.39 is 0 Å². The van der Waals surface area contributed by atoms with Gasteiger partial charge in [-0.2, -0.15) is 0 Å². The van der Waals surface area contributed by atoms with Gasteiger partial charge in [-0.3, -0.25) is 4.98 Å². The monoisotopic (exact) mass is 958 g/mol. The third kappa shape index (κ3) is 5.45. The molecule has 0 bridgehead atoms. The van der Waals surface area contributed by atoms with E-state index in [1.54, 1.807) is 0 Å².